The molecule has 2 heterocycles. The molecule has 4 aromatic rings. The average Bonchev–Trinajstić information content (AvgIpc) is 2.85. The van der Waals surface area contributed by atoms with Crippen molar-refractivity contribution in [2.75, 3.05) is 6.54 Å². The van der Waals surface area contributed by atoms with Crippen LogP contribution in [0.5, 0.6) is 17.4 Å². The number of pyridine rings is 1. The van der Waals surface area contributed by atoms with Gasteiger partial charge in [0, 0.05) is 43.0 Å². The van der Waals surface area contributed by atoms with Crippen molar-refractivity contribution in [2.24, 2.45) is 0 Å². The van der Waals surface area contributed by atoms with E-state index in [4.69, 9.17) is 4.74 Å². The number of aromatic nitrogens is 1. The Morgan fingerprint density at radius 2 is 1.80 bits per heavy atom. The second-order valence-corrected chi connectivity index (χ2v) is 8.29. The molecule has 0 bridgehead atoms. The molecule has 1 aliphatic heterocycles. The highest BCUT2D eigenvalue weighted by molar-refractivity contribution is 5.69. The third-order valence-corrected chi connectivity index (χ3v) is 5.85. The zero-order valence-electron chi connectivity index (χ0n) is 18.8. The number of hydrogen-bond donors (Lipinski definition) is 0. The van der Waals surface area contributed by atoms with E-state index in [1.165, 1.54) is 29.3 Å². The molecule has 3 aromatic carbocycles. The van der Waals surface area contributed by atoms with Gasteiger partial charge in [-0.2, -0.15) is 0 Å². The van der Waals surface area contributed by atoms with Crippen molar-refractivity contribution in [2.45, 2.75) is 25.9 Å². The third-order valence-electron chi connectivity index (χ3n) is 5.85. The van der Waals surface area contributed by atoms with Crippen LogP contribution in [-0.4, -0.2) is 22.8 Å². The summed E-state index contributed by atoms with van der Waals surface area (Å²) in [5.74, 6) is 0.720. The van der Waals surface area contributed by atoms with Crippen molar-refractivity contribution in [1.82, 2.24) is 9.88 Å². The summed E-state index contributed by atoms with van der Waals surface area (Å²) >= 11 is 0. The van der Waals surface area contributed by atoms with Crippen molar-refractivity contribution in [3.05, 3.63) is 108 Å². The van der Waals surface area contributed by atoms with E-state index in [9.17, 15) is 13.2 Å². The largest absolute Gasteiger partial charge is 0.573 e. The molecule has 1 aromatic heterocycles. The maximum Gasteiger partial charge on any atom is 0.573 e. The highest BCUT2D eigenvalue weighted by atomic mass is 19.4. The van der Waals surface area contributed by atoms with Crippen LogP contribution in [0.4, 0.5) is 13.2 Å². The lowest BCUT2D eigenvalue weighted by Gasteiger charge is -2.30. The number of halogens is 3. The van der Waals surface area contributed by atoms with Gasteiger partial charge < -0.3 is 9.47 Å². The second-order valence-electron chi connectivity index (χ2n) is 8.29. The molecule has 0 atom stereocenters. The Labute approximate surface area is 201 Å². The molecule has 177 valence electrons. The Hall–Kier alpha value is -3.84. The minimum atomic E-state index is -4.76. The van der Waals surface area contributed by atoms with Crippen LogP contribution in [0.2, 0.25) is 0 Å². The maximum absolute atomic E-state index is 12.5. The summed E-state index contributed by atoms with van der Waals surface area (Å²) in [5, 5.41) is 0. The molecule has 0 saturated heterocycles. The van der Waals surface area contributed by atoms with Crippen LogP contribution in [0.1, 0.15) is 16.7 Å². The Morgan fingerprint density at radius 1 is 0.943 bits per heavy atom. The van der Waals surface area contributed by atoms with Crippen LogP contribution in [0.15, 0.2) is 85.1 Å². The fraction of sp³-hybridized carbons (Fsp3) is 0.179. The summed E-state index contributed by atoms with van der Waals surface area (Å²) in [6.45, 7) is 2.62. The van der Waals surface area contributed by atoms with Gasteiger partial charge in [-0.1, -0.05) is 48.5 Å². The molecule has 0 aliphatic carbocycles. The van der Waals surface area contributed by atoms with Crippen LogP contribution >= 0.6 is 0 Å². The topological polar surface area (TPSA) is 34.6 Å². The summed E-state index contributed by atoms with van der Waals surface area (Å²) in [6.07, 6.45) is -2.29. The van der Waals surface area contributed by atoms with E-state index in [1.54, 1.807) is 12.3 Å². The van der Waals surface area contributed by atoms with Gasteiger partial charge in [0.15, 0.2) is 0 Å². The third kappa shape index (κ3) is 5.63. The summed E-state index contributed by atoms with van der Waals surface area (Å²) < 4.78 is 47.6. The Morgan fingerprint density at radius 3 is 2.57 bits per heavy atom. The van der Waals surface area contributed by atoms with Gasteiger partial charge in [0.05, 0.1) is 0 Å². The van der Waals surface area contributed by atoms with E-state index >= 15 is 0 Å². The molecule has 35 heavy (non-hydrogen) atoms. The van der Waals surface area contributed by atoms with Gasteiger partial charge in [-0.05, 0) is 53.4 Å². The minimum absolute atomic E-state index is 0.380. The van der Waals surface area contributed by atoms with E-state index in [0.29, 0.717) is 17.0 Å². The molecule has 0 spiro atoms. The molecular formula is C28H22F3N2O2. The van der Waals surface area contributed by atoms with Gasteiger partial charge >= 0.3 is 6.36 Å². The van der Waals surface area contributed by atoms with Gasteiger partial charge in [-0.25, -0.2) is 4.98 Å². The maximum atomic E-state index is 12.5. The van der Waals surface area contributed by atoms with Gasteiger partial charge in [-0.15, -0.1) is 13.2 Å². The molecule has 7 heteroatoms. The lowest BCUT2D eigenvalue weighted by atomic mass is 9.98. The van der Waals surface area contributed by atoms with E-state index in [-0.39, 0.29) is 0 Å². The molecule has 0 amide bonds. The Bertz CT molecular complexity index is 1290. The smallest absolute Gasteiger partial charge is 0.438 e. The molecule has 1 aliphatic rings. The number of ether oxygens (including phenoxy) is 2. The summed E-state index contributed by atoms with van der Waals surface area (Å²) in [5.41, 5.74) is 4.92. The highest BCUT2D eigenvalue weighted by Crippen LogP contribution is 2.36. The number of alkyl halides is 3. The Kier molecular flexibility index (Phi) is 6.42. The molecule has 4 nitrogen and oxygen atoms in total. The van der Waals surface area contributed by atoms with Crippen LogP contribution in [0, 0.1) is 6.07 Å². The average molecular weight is 475 g/mol. The predicted octanol–water partition coefficient (Wildman–Crippen LogP) is 6.80. The zero-order valence-corrected chi connectivity index (χ0v) is 18.8. The first-order valence-corrected chi connectivity index (χ1v) is 11.2. The van der Waals surface area contributed by atoms with Crippen molar-refractivity contribution in [3.63, 3.8) is 0 Å². The number of fused-ring (bicyclic) bond motifs is 1. The highest BCUT2D eigenvalue weighted by Gasteiger charge is 2.31. The molecule has 1 radical (unpaired) electrons. The van der Waals surface area contributed by atoms with Gasteiger partial charge in [0.25, 0.3) is 0 Å². The first-order valence-electron chi connectivity index (χ1n) is 11.2. The predicted molar refractivity (Wildman–Crippen MR) is 126 cm³/mol. The normalized spacial score (nSPS) is 13.8. The van der Waals surface area contributed by atoms with Crippen molar-refractivity contribution >= 4 is 0 Å². The standard InChI is InChI=1S/C28H22F3N2O2/c29-28(30,31)35-23-13-11-21(12-14-23)25-9-5-16-32-27(25)34-26-10-4-8-22-19-33(17-15-24(22)26)18-20-6-2-1-3-7-20/h1-13,16H,15,17-19H2. The van der Waals surface area contributed by atoms with Gasteiger partial charge in [-0.3, -0.25) is 4.90 Å². The van der Waals surface area contributed by atoms with Crippen LogP contribution in [0.25, 0.3) is 11.1 Å². The monoisotopic (exact) mass is 475 g/mol. The first-order chi connectivity index (χ1) is 16.9. The molecule has 0 fully saturated rings. The number of nitrogens with zero attached hydrogens (tertiary/aromatic N) is 2. The SMILES string of the molecule is FC(F)(F)Oc1[c]cc(-c2cccnc2Oc2cccc3c2CCN(Cc2ccccc2)C3)cc1. The minimum Gasteiger partial charge on any atom is -0.438 e. The fourth-order valence-electron chi connectivity index (χ4n) is 4.27. The lowest BCUT2D eigenvalue weighted by molar-refractivity contribution is -0.274. The fourth-order valence-corrected chi connectivity index (χ4v) is 4.27. The summed E-state index contributed by atoms with van der Waals surface area (Å²) in [6, 6.07) is 26.7. The molecule has 5 rings (SSSR count). The van der Waals surface area contributed by atoms with Crippen molar-refractivity contribution < 1.29 is 22.6 Å². The summed E-state index contributed by atoms with van der Waals surface area (Å²) in [7, 11) is 0. The second kappa shape index (κ2) is 9.80. The van der Waals surface area contributed by atoms with Crippen molar-refractivity contribution in [1.29, 1.82) is 0 Å². The van der Waals surface area contributed by atoms with Crippen LogP contribution < -0.4 is 9.47 Å². The summed E-state index contributed by atoms with van der Waals surface area (Å²) in [4.78, 5) is 6.80. The van der Waals surface area contributed by atoms with E-state index in [1.807, 2.05) is 24.3 Å². The van der Waals surface area contributed by atoms with Crippen molar-refractivity contribution in [3.8, 4) is 28.5 Å². The van der Waals surface area contributed by atoms with Crippen LogP contribution in [0.3, 0.4) is 0 Å². The number of rotatable bonds is 6. The van der Waals surface area contributed by atoms with E-state index < -0.39 is 12.1 Å². The van der Waals surface area contributed by atoms with E-state index in [2.05, 4.69) is 51.0 Å². The molecule has 0 unspecified atom stereocenters. The quantitative estimate of drug-likeness (QED) is 0.307. The van der Waals surface area contributed by atoms with Crippen LogP contribution in [-0.2, 0) is 19.5 Å². The van der Waals surface area contributed by atoms with E-state index in [0.717, 1.165) is 37.4 Å². The molecule has 0 N–H and O–H groups in total. The first kappa shape index (κ1) is 22.9. The Balaban J connectivity index is 1.35. The zero-order chi connectivity index (χ0) is 24.3. The molecule has 0 saturated carbocycles. The van der Waals surface area contributed by atoms with Gasteiger partial charge in [0.2, 0.25) is 5.88 Å². The van der Waals surface area contributed by atoms with Gasteiger partial charge in [0.1, 0.15) is 11.5 Å². The number of benzene rings is 3. The molecular weight excluding hydrogens is 453 g/mol. The lowest BCUT2D eigenvalue weighted by Crippen LogP contribution is -2.30. The number of hydrogen-bond acceptors (Lipinski definition) is 4.